The van der Waals surface area contributed by atoms with Crippen molar-refractivity contribution in [2.45, 2.75) is 6.92 Å². The third-order valence-electron chi connectivity index (χ3n) is 5.76. The average molecular weight is 525 g/mol. The fourth-order valence-corrected chi connectivity index (χ4v) is 4.50. The molecule has 1 saturated heterocycles. The molecule has 2 amide bonds. The van der Waals surface area contributed by atoms with E-state index in [-0.39, 0.29) is 18.4 Å². The van der Waals surface area contributed by atoms with Crippen molar-refractivity contribution in [1.82, 2.24) is 10.6 Å². The molecule has 0 radical (unpaired) electrons. The molecule has 0 saturated carbocycles. The number of piperazine rings is 1. The molecule has 0 unspecified atom stereocenters. The number of rotatable bonds is 6. The van der Waals surface area contributed by atoms with Gasteiger partial charge < -0.3 is 15.5 Å². The standard InChI is InChI=1S/C26H26BrFN4O2/c1-18-6-2-5-9-22(18)32(25(33)17-30-26(34)20-7-3-4-8-21(20)27)24-16-19(28)10-11-23(24)31-14-12-29-13-15-31/h2-11,16,29H,12-15,17H2,1H3,(H,30,34). The smallest absolute Gasteiger partial charge is 0.252 e. The lowest BCUT2D eigenvalue weighted by Crippen LogP contribution is -2.44. The maximum atomic E-state index is 14.5. The summed E-state index contributed by atoms with van der Waals surface area (Å²) in [5.41, 5.74) is 3.17. The van der Waals surface area contributed by atoms with Crippen LogP contribution < -0.4 is 20.4 Å². The topological polar surface area (TPSA) is 64.7 Å². The summed E-state index contributed by atoms with van der Waals surface area (Å²) in [4.78, 5) is 30.0. The van der Waals surface area contributed by atoms with Crippen molar-refractivity contribution in [2.24, 2.45) is 0 Å². The van der Waals surface area contributed by atoms with Gasteiger partial charge in [-0.05, 0) is 58.7 Å². The molecule has 4 rings (SSSR count). The van der Waals surface area contributed by atoms with Gasteiger partial charge in [0.25, 0.3) is 11.8 Å². The molecule has 6 nitrogen and oxygen atoms in total. The minimum atomic E-state index is -0.433. The monoisotopic (exact) mass is 524 g/mol. The lowest BCUT2D eigenvalue weighted by atomic mass is 10.1. The highest BCUT2D eigenvalue weighted by atomic mass is 79.9. The second-order valence-corrected chi connectivity index (χ2v) is 8.90. The van der Waals surface area contributed by atoms with E-state index in [2.05, 4.69) is 31.5 Å². The number of hydrogen-bond donors (Lipinski definition) is 2. The van der Waals surface area contributed by atoms with Gasteiger partial charge in [-0.15, -0.1) is 0 Å². The number of carbonyl (C=O) groups is 2. The molecule has 0 spiro atoms. The van der Waals surface area contributed by atoms with Gasteiger partial charge >= 0.3 is 0 Å². The van der Waals surface area contributed by atoms with Crippen molar-refractivity contribution in [3.05, 3.63) is 88.1 Å². The summed E-state index contributed by atoms with van der Waals surface area (Å²) in [6.07, 6.45) is 0. The predicted molar refractivity (Wildman–Crippen MR) is 136 cm³/mol. The van der Waals surface area contributed by atoms with Crippen LogP contribution >= 0.6 is 15.9 Å². The molecule has 0 aliphatic carbocycles. The summed E-state index contributed by atoms with van der Waals surface area (Å²) in [5.74, 6) is -1.17. The van der Waals surface area contributed by atoms with Crippen LogP contribution in [0.5, 0.6) is 0 Å². The Kier molecular flexibility index (Phi) is 7.59. The quantitative estimate of drug-likeness (QED) is 0.501. The minimum Gasteiger partial charge on any atom is -0.367 e. The Hall–Kier alpha value is -3.23. The van der Waals surface area contributed by atoms with Crippen molar-refractivity contribution in [2.75, 3.05) is 42.5 Å². The normalized spacial score (nSPS) is 13.4. The van der Waals surface area contributed by atoms with Gasteiger partial charge in [-0.1, -0.05) is 30.3 Å². The Morgan fingerprint density at radius 3 is 2.47 bits per heavy atom. The van der Waals surface area contributed by atoms with E-state index in [0.717, 1.165) is 37.4 Å². The van der Waals surface area contributed by atoms with Crippen molar-refractivity contribution < 1.29 is 14.0 Å². The Morgan fingerprint density at radius 2 is 1.74 bits per heavy atom. The maximum absolute atomic E-state index is 14.5. The number of amides is 2. The Labute approximate surface area is 206 Å². The molecule has 1 heterocycles. The van der Waals surface area contributed by atoms with Crippen molar-refractivity contribution >= 4 is 44.8 Å². The van der Waals surface area contributed by atoms with E-state index in [1.807, 2.05) is 37.3 Å². The van der Waals surface area contributed by atoms with Crippen LogP contribution in [-0.2, 0) is 4.79 Å². The summed E-state index contributed by atoms with van der Waals surface area (Å²) in [6.45, 7) is 4.75. The zero-order chi connectivity index (χ0) is 24.1. The summed E-state index contributed by atoms with van der Waals surface area (Å²) in [6, 6.07) is 19.0. The van der Waals surface area contributed by atoms with Crippen LogP contribution in [0.25, 0.3) is 0 Å². The Morgan fingerprint density at radius 1 is 1.03 bits per heavy atom. The molecule has 1 aliphatic heterocycles. The SMILES string of the molecule is Cc1ccccc1N(C(=O)CNC(=O)c1ccccc1Br)c1cc(F)ccc1N1CCNCC1. The van der Waals surface area contributed by atoms with Crippen molar-refractivity contribution in [3.63, 3.8) is 0 Å². The van der Waals surface area contributed by atoms with E-state index in [9.17, 15) is 14.0 Å². The van der Waals surface area contributed by atoms with Gasteiger partial charge in [0.05, 0.1) is 29.2 Å². The molecular weight excluding hydrogens is 499 g/mol. The van der Waals surface area contributed by atoms with Crippen LogP contribution in [0.2, 0.25) is 0 Å². The molecular formula is C26H26BrFN4O2. The summed E-state index contributed by atoms with van der Waals surface area (Å²) in [5, 5.41) is 6.03. The summed E-state index contributed by atoms with van der Waals surface area (Å²) < 4.78 is 15.1. The maximum Gasteiger partial charge on any atom is 0.252 e. The first-order chi connectivity index (χ1) is 16.5. The summed E-state index contributed by atoms with van der Waals surface area (Å²) in [7, 11) is 0. The highest BCUT2D eigenvalue weighted by Gasteiger charge is 2.26. The molecule has 0 atom stereocenters. The van der Waals surface area contributed by atoms with Crippen LogP contribution in [0.3, 0.4) is 0 Å². The highest BCUT2D eigenvalue weighted by Crippen LogP contribution is 2.37. The summed E-state index contributed by atoms with van der Waals surface area (Å²) >= 11 is 3.37. The van der Waals surface area contributed by atoms with Gasteiger partial charge in [0.1, 0.15) is 5.82 Å². The fraction of sp³-hybridized carbons (Fsp3) is 0.231. The predicted octanol–water partition coefficient (Wildman–Crippen LogP) is 4.40. The van der Waals surface area contributed by atoms with E-state index in [1.54, 1.807) is 24.3 Å². The number of nitrogens with one attached hydrogen (secondary N) is 2. The average Bonchev–Trinajstić information content (AvgIpc) is 2.85. The number of aryl methyl sites for hydroxylation is 1. The number of hydrogen-bond acceptors (Lipinski definition) is 4. The van der Waals surface area contributed by atoms with E-state index >= 15 is 0 Å². The van der Waals surface area contributed by atoms with Gasteiger partial charge in [-0.25, -0.2) is 4.39 Å². The second-order valence-electron chi connectivity index (χ2n) is 8.05. The number of benzene rings is 3. The van der Waals surface area contributed by atoms with Gasteiger partial charge in [-0.2, -0.15) is 0 Å². The zero-order valence-electron chi connectivity index (χ0n) is 18.9. The number of halogens is 2. The first kappa shape index (κ1) is 23.9. The minimum absolute atomic E-state index is 0.244. The number of carbonyl (C=O) groups excluding carboxylic acids is 2. The number of nitrogens with zero attached hydrogens (tertiary/aromatic N) is 2. The van der Waals surface area contributed by atoms with Crippen LogP contribution in [0.15, 0.2) is 71.2 Å². The zero-order valence-corrected chi connectivity index (χ0v) is 20.4. The number of para-hydroxylation sites is 1. The Balaban J connectivity index is 1.69. The van der Waals surface area contributed by atoms with Gasteiger partial charge in [0, 0.05) is 36.7 Å². The highest BCUT2D eigenvalue weighted by molar-refractivity contribution is 9.10. The van der Waals surface area contributed by atoms with Crippen LogP contribution in [-0.4, -0.2) is 44.5 Å². The van der Waals surface area contributed by atoms with Gasteiger partial charge in [0.2, 0.25) is 0 Å². The van der Waals surface area contributed by atoms with Crippen molar-refractivity contribution in [1.29, 1.82) is 0 Å². The molecule has 8 heteroatoms. The van der Waals surface area contributed by atoms with Crippen LogP contribution in [0.1, 0.15) is 15.9 Å². The molecule has 1 fully saturated rings. The van der Waals surface area contributed by atoms with E-state index in [4.69, 9.17) is 0 Å². The first-order valence-electron chi connectivity index (χ1n) is 11.1. The third-order valence-corrected chi connectivity index (χ3v) is 6.45. The van der Waals surface area contributed by atoms with E-state index in [0.29, 0.717) is 21.4 Å². The molecule has 0 aromatic heterocycles. The Bertz CT molecular complexity index is 1200. The third kappa shape index (κ3) is 5.29. The second kappa shape index (κ2) is 10.8. The number of anilines is 3. The fourth-order valence-electron chi connectivity index (χ4n) is 4.04. The van der Waals surface area contributed by atoms with Crippen LogP contribution in [0, 0.1) is 12.7 Å². The molecule has 1 aliphatic rings. The lowest BCUT2D eigenvalue weighted by molar-refractivity contribution is -0.117. The van der Waals surface area contributed by atoms with E-state index in [1.165, 1.54) is 17.0 Å². The molecule has 34 heavy (non-hydrogen) atoms. The molecule has 2 N–H and O–H groups in total. The van der Waals surface area contributed by atoms with Crippen LogP contribution in [0.4, 0.5) is 21.5 Å². The first-order valence-corrected chi connectivity index (χ1v) is 11.9. The largest absolute Gasteiger partial charge is 0.367 e. The van der Waals surface area contributed by atoms with Gasteiger partial charge in [-0.3, -0.25) is 14.5 Å². The molecule has 0 bridgehead atoms. The van der Waals surface area contributed by atoms with Gasteiger partial charge in [0.15, 0.2) is 0 Å². The lowest BCUT2D eigenvalue weighted by Gasteiger charge is -2.34. The van der Waals surface area contributed by atoms with E-state index < -0.39 is 5.82 Å². The molecule has 176 valence electrons. The molecule has 3 aromatic rings. The van der Waals surface area contributed by atoms with Crippen molar-refractivity contribution in [3.8, 4) is 0 Å². The molecule has 3 aromatic carbocycles.